The van der Waals surface area contributed by atoms with E-state index in [1.165, 1.54) is 42.7 Å². The first-order valence-electron chi connectivity index (χ1n) is 44.3. The number of carbonyl (C=O) groups is 10. The van der Waals surface area contributed by atoms with Crippen molar-refractivity contribution in [2.45, 2.75) is 291 Å². The molecule has 3 unspecified atom stereocenters. The molecule has 6 fully saturated rings. The lowest BCUT2D eigenvalue weighted by Crippen LogP contribution is -2.61. The van der Waals surface area contributed by atoms with Crippen LogP contribution in [0.25, 0.3) is 0 Å². The molecule has 0 aromatic heterocycles. The Morgan fingerprint density at radius 2 is 0.798 bits per heavy atom. The highest BCUT2D eigenvalue weighted by atomic mass is 32.2. The minimum absolute atomic E-state index is 0.00462. The van der Waals surface area contributed by atoms with E-state index in [0.717, 1.165) is 57.8 Å². The molecule has 6 aliphatic rings. The zero-order valence-electron chi connectivity index (χ0n) is 78.2. The van der Waals surface area contributed by atoms with E-state index in [9.17, 15) is 70.6 Å². The number of halogens is 4. The van der Waals surface area contributed by atoms with Crippen molar-refractivity contribution in [2.24, 2.45) is 39.4 Å². The highest BCUT2D eigenvalue weighted by molar-refractivity contribution is 7.97. The third kappa shape index (κ3) is 37.9. The molecule has 129 heavy (non-hydrogen) atoms. The van der Waals surface area contributed by atoms with Gasteiger partial charge in [0, 0.05) is 32.3 Å². The maximum atomic E-state index is 12.4. The fourth-order valence-corrected chi connectivity index (χ4v) is 18.3. The third-order valence-electron chi connectivity index (χ3n) is 22.9. The predicted molar refractivity (Wildman–Crippen MR) is 486 cm³/mol. The van der Waals surface area contributed by atoms with Gasteiger partial charge >= 0.3 is 59.7 Å². The summed E-state index contributed by atoms with van der Waals surface area (Å²) in [5.74, 6) is -10.1. The van der Waals surface area contributed by atoms with E-state index < -0.39 is 107 Å². The molecule has 6 aromatic rings. The van der Waals surface area contributed by atoms with Gasteiger partial charge in [-0.05, 0) is 236 Å². The summed E-state index contributed by atoms with van der Waals surface area (Å²) in [6.45, 7) is 29.1. The van der Waals surface area contributed by atoms with Crippen LogP contribution in [0.1, 0.15) is 227 Å². The van der Waals surface area contributed by atoms with Crippen molar-refractivity contribution >= 4 is 81.5 Å². The molecule has 708 valence electrons. The summed E-state index contributed by atoms with van der Waals surface area (Å²) in [4.78, 5) is 123. The van der Waals surface area contributed by atoms with E-state index in [-0.39, 0.29) is 94.4 Å². The Hall–Kier alpha value is -9.86. The summed E-state index contributed by atoms with van der Waals surface area (Å²) in [6.07, 6.45) is 12.1. The summed E-state index contributed by atoms with van der Waals surface area (Å²) >= 11 is 0. The minimum Gasteiger partial charge on any atom is -0.463 e. The number of benzene rings is 6. The van der Waals surface area contributed by atoms with Gasteiger partial charge in [-0.25, -0.2) is 36.7 Å². The van der Waals surface area contributed by atoms with E-state index in [4.69, 9.17) is 28.4 Å². The van der Waals surface area contributed by atoms with E-state index >= 15 is 0 Å². The Kier molecular flexibility index (Phi) is 43.9. The summed E-state index contributed by atoms with van der Waals surface area (Å²) < 4.78 is 98.1. The molecule has 1 aliphatic heterocycles. The smallest absolute Gasteiger partial charge is 0.347 e. The molecule has 21 nitrogen and oxygen atoms in total. The second kappa shape index (κ2) is 51.7. The molecule has 3 atom stereocenters. The van der Waals surface area contributed by atoms with Gasteiger partial charge < -0.3 is 52.5 Å². The number of hydrogen-bond acceptors (Lipinski definition) is 21. The fraction of sp³-hybridized carbons (Fsp3) is 0.529. The minimum atomic E-state index is -3.09. The highest BCUT2D eigenvalue weighted by Crippen LogP contribution is 2.59. The molecule has 5 aliphatic carbocycles. The average molecular weight is 1840 g/mol. The van der Waals surface area contributed by atoms with Crippen LogP contribution in [0.2, 0.25) is 0 Å². The van der Waals surface area contributed by atoms with E-state index in [0.29, 0.717) is 64.4 Å². The first kappa shape index (κ1) is 110. The molecule has 0 spiro atoms. The Morgan fingerprint density at radius 3 is 1.13 bits per heavy atom. The number of cyclic esters (lactones) is 1. The normalized spacial score (nSPS) is 18.2. The summed E-state index contributed by atoms with van der Waals surface area (Å²) in [7, 11) is -0.0293. The second-order valence-electron chi connectivity index (χ2n) is 36.2. The number of hydrogen-bond donors (Lipinski definition) is 1. The number of esters is 10. The van der Waals surface area contributed by atoms with Crippen molar-refractivity contribution in [1.82, 2.24) is 0 Å². The number of ether oxygens (including phenoxy) is 10. The SMILES string of the molecule is C=C(C)C(=O)OCC(=O)OCC(C)(F)F.CCC(C)(C)C(=O)OC12CC3CC(CC(O)(C3)C1)C2.CCC(C)(C)C(=O)OC1CCOC1=O.CCC(C)(C)C(=O)OCC(=O)OCC(C)(F)F.CCC(C)(C)C(=O)OCCOC(=O)CCC(=O)OC1(C(C)C)CCCC1.c1ccc([S+](c2ccccc2)c2ccccc2)cc1.c1ccc([S+](c2ccccc2)c2ccccc2)cc1. The second-order valence-corrected chi connectivity index (χ2v) is 40.3. The van der Waals surface area contributed by atoms with Gasteiger partial charge in [0.1, 0.15) is 24.4 Å². The standard InChI is InChI=1S/C20H34O6.2C18H15S.C16H26O3.C11H18F2O4.C10H16O4.C9H12F2O4/c1-6-19(4,5)18(23)25-14-13-24-16(21)9-10-17(22)26-20(15(2)3)11-7-8-12-20;2*1-4-10-16(11-5-1)19(17-12-6-2-7-13-17)18-14-8-3-9-15-18;1-4-14(2,3)13(17)19-16-8-11-5-12(9-16)7-15(18,6-11)10-16;1-5-10(2,3)9(15)16-6-8(14)17-7-11(4,12)13;1-4-10(2,3)9(12)14-7-5-6-13-8(7)11;1-6(2)8(13)14-4-7(12)15-5-9(3,10)11/h15H,6-14H2,1-5H3;2*1-15H;11-12,18H,4-10H2,1-3H3;5-7H2,1-4H3;7H,4-6H2,1-3H3;1,4-5H2,2-3H3/q;2*+1;;;;. The van der Waals surface area contributed by atoms with E-state index in [1.807, 2.05) is 34.6 Å². The lowest BCUT2D eigenvalue weighted by molar-refractivity contribution is -0.225. The first-order valence-corrected chi connectivity index (χ1v) is 46.8. The Morgan fingerprint density at radius 1 is 0.457 bits per heavy atom. The molecule has 1 heterocycles. The Balaban J connectivity index is 0.000000269. The molecule has 4 bridgehead atoms. The van der Waals surface area contributed by atoms with Gasteiger partial charge in [0.2, 0.25) is 6.10 Å². The van der Waals surface area contributed by atoms with Gasteiger partial charge in [-0.1, -0.05) is 157 Å². The van der Waals surface area contributed by atoms with Crippen LogP contribution in [0.3, 0.4) is 0 Å². The van der Waals surface area contributed by atoms with Crippen molar-refractivity contribution in [1.29, 1.82) is 0 Å². The zero-order chi connectivity index (χ0) is 96.0. The molecule has 1 N–H and O–H groups in total. The lowest BCUT2D eigenvalue weighted by atomic mass is 9.52. The molecule has 1 saturated heterocycles. The van der Waals surface area contributed by atoms with Crippen molar-refractivity contribution in [3.8, 4) is 0 Å². The molecule has 0 amide bonds. The van der Waals surface area contributed by atoms with Crippen molar-refractivity contribution < 1.29 is 118 Å². The first-order chi connectivity index (χ1) is 60.6. The van der Waals surface area contributed by atoms with Gasteiger partial charge in [0.05, 0.1) is 68.5 Å². The maximum Gasteiger partial charge on any atom is 0.347 e. The van der Waals surface area contributed by atoms with Crippen molar-refractivity contribution in [3.05, 3.63) is 194 Å². The molecular weight excluding hydrogens is 1700 g/mol. The number of aliphatic hydroxyl groups is 1. The molecule has 5 saturated carbocycles. The van der Waals surface area contributed by atoms with Gasteiger partial charge in [-0.3, -0.25) is 28.8 Å². The predicted octanol–water partition coefficient (Wildman–Crippen LogP) is 21.2. The van der Waals surface area contributed by atoms with Crippen LogP contribution in [-0.4, -0.2) is 146 Å². The van der Waals surface area contributed by atoms with Crippen LogP contribution in [-0.2, 0) is 117 Å². The maximum absolute atomic E-state index is 12.4. The Bertz CT molecular complexity index is 4180. The average Bonchev–Trinajstić information content (AvgIpc) is 0.972. The topological polar surface area (TPSA) is 283 Å². The van der Waals surface area contributed by atoms with Crippen LogP contribution < -0.4 is 0 Å². The summed E-state index contributed by atoms with van der Waals surface area (Å²) in [6, 6.07) is 64.3. The van der Waals surface area contributed by atoms with Gasteiger partial charge in [0.25, 0.3) is 11.8 Å². The quantitative estimate of drug-likeness (QED) is 0.0100. The fourth-order valence-electron chi connectivity index (χ4n) is 14.1. The summed E-state index contributed by atoms with van der Waals surface area (Å²) in [5, 5.41) is 10.6. The lowest BCUT2D eigenvalue weighted by Gasteiger charge is -2.59. The highest BCUT2D eigenvalue weighted by Gasteiger charge is 2.60. The number of carbonyl (C=O) groups excluding carboxylic acids is 10. The largest absolute Gasteiger partial charge is 0.463 e. The third-order valence-corrected chi connectivity index (χ3v) is 27.4. The van der Waals surface area contributed by atoms with Gasteiger partial charge in [0.15, 0.2) is 55.8 Å². The Labute approximate surface area is 766 Å². The zero-order valence-corrected chi connectivity index (χ0v) is 79.9. The van der Waals surface area contributed by atoms with Crippen LogP contribution >= 0.6 is 0 Å². The number of rotatable bonds is 33. The van der Waals surface area contributed by atoms with Gasteiger partial charge in [-0.2, -0.15) is 0 Å². The van der Waals surface area contributed by atoms with E-state index in [1.54, 1.807) is 48.5 Å². The molecular formula is C102H136F4O21S2+2. The van der Waals surface area contributed by atoms with Crippen molar-refractivity contribution in [2.75, 3.05) is 46.2 Å². The van der Waals surface area contributed by atoms with Crippen LogP contribution in [0, 0.1) is 39.4 Å². The molecule has 0 radical (unpaired) electrons. The van der Waals surface area contributed by atoms with Crippen molar-refractivity contribution in [3.63, 3.8) is 0 Å². The summed E-state index contributed by atoms with van der Waals surface area (Å²) in [5.41, 5.74) is -3.35. The molecule has 12 rings (SSSR count). The van der Waals surface area contributed by atoms with Crippen LogP contribution in [0.5, 0.6) is 0 Å². The number of alkyl halides is 4. The van der Waals surface area contributed by atoms with Gasteiger partial charge in [-0.15, -0.1) is 0 Å². The van der Waals surface area contributed by atoms with E-state index in [2.05, 4.69) is 221 Å². The molecule has 6 aromatic carbocycles. The molecule has 27 heteroatoms. The monoisotopic (exact) mass is 1840 g/mol. The van der Waals surface area contributed by atoms with Crippen LogP contribution in [0.15, 0.2) is 224 Å². The van der Waals surface area contributed by atoms with Crippen LogP contribution in [0.4, 0.5) is 17.6 Å².